The molecule has 0 aliphatic heterocycles. The number of hydrogen-bond donors (Lipinski definition) is 0. The van der Waals surface area contributed by atoms with E-state index in [0.29, 0.717) is 11.8 Å². The Morgan fingerprint density at radius 1 is 1.45 bits per heavy atom. The number of halogens is 1. The maximum absolute atomic E-state index is 5.02. The van der Waals surface area contributed by atoms with Crippen LogP contribution in [-0.2, 0) is 3.07 Å². The lowest BCUT2D eigenvalue weighted by Gasteiger charge is -2.18. The van der Waals surface area contributed by atoms with E-state index in [2.05, 4.69) is 32.1 Å². The van der Waals surface area contributed by atoms with Crippen molar-refractivity contribution in [3.8, 4) is 0 Å². The Hall–Kier alpha value is 0.170. The molecule has 2 unspecified atom stereocenters. The van der Waals surface area contributed by atoms with Gasteiger partial charge in [-0.1, -0.05) is 32.1 Å². The van der Waals surface area contributed by atoms with E-state index in [0.717, 1.165) is 6.61 Å². The lowest BCUT2D eigenvalue weighted by atomic mass is 9.89. The molecule has 11 heavy (non-hydrogen) atoms. The first-order chi connectivity index (χ1) is 5.24. The van der Waals surface area contributed by atoms with Crippen LogP contribution in [0.2, 0.25) is 0 Å². The third-order valence-corrected chi connectivity index (χ3v) is 2.45. The summed E-state index contributed by atoms with van der Waals surface area (Å²) in [6.07, 6.45) is 6.68. The maximum atomic E-state index is 5.02. The van der Waals surface area contributed by atoms with Gasteiger partial charge in [0.2, 0.25) is 0 Å². The SMILES string of the molecule is CC1C=CC(COI)=CC1C. The molecule has 1 aliphatic rings. The van der Waals surface area contributed by atoms with Crippen LogP contribution in [0.5, 0.6) is 0 Å². The zero-order chi connectivity index (χ0) is 8.27. The highest BCUT2D eigenvalue weighted by molar-refractivity contribution is 14.1. The third-order valence-electron chi connectivity index (χ3n) is 2.14. The largest absolute Gasteiger partial charge is 0.311 e. The molecule has 62 valence electrons. The van der Waals surface area contributed by atoms with E-state index in [1.807, 2.05) is 23.0 Å². The van der Waals surface area contributed by atoms with Crippen molar-refractivity contribution in [1.29, 1.82) is 0 Å². The second-order valence-electron chi connectivity index (χ2n) is 3.07. The zero-order valence-electron chi connectivity index (χ0n) is 6.88. The molecule has 0 amide bonds. The third kappa shape index (κ3) is 2.60. The summed E-state index contributed by atoms with van der Waals surface area (Å²) in [7, 11) is 0. The fraction of sp³-hybridized carbons (Fsp3) is 0.556. The summed E-state index contributed by atoms with van der Waals surface area (Å²) < 4.78 is 5.02. The predicted octanol–water partition coefficient (Wildman–Crippen LogP) is 3.12. The van der Waals surface area contributed by atoms with Crippen molar-refractivity contribution in [2.24, 2.45) is 11.8 Å². The van der Waals surface area contributed by atoms with Crippen LogP contribution in [0, 0.1) is 11.8 Å². The van der Waals surface area contributed by atoms with Crippen LogP contribution in [0.15, 0.2) is 23.8 Å². The molecule has 0 fully saturated rings. The van der Waals surface area contributed by atoms with Crippen molar-refractivity contribution in [2.75, 3.05) is 6.61 Å². The van der Waals surface area contributed by atoms with Crippen LogP contribution in [-0.4, -0.2) is 6.61 Å². The van der Waals surface area contributed by atoms with Gasteiger partial charge < -0.3 is 3.07 Å². The van der Waals surface area contributed by atoms with E-state index in [1.165, 1.54) is 5.57 Å². The fourth-order valence-electron chi connectivity index (χ4n) is 1.15. The average Bonchev–Trinajstić information content (AvgIpc) is 1.98. The Balaban J connectivity index is 2.57. The molecule has 2 heteroatoms. The minimum absolute atomic E-state index is 0.654. The van der Waals surface area contributed by atoms with Gasteiger partial charge in [0.25, 0.3) is 0 Å². The van der Waals surface area contributed by atoms with E-state index in [9.17, 15) is 0 Å². The molecule has 0 aromatic rings. The Bertz CT molecular complexity index is 184. The summed E-state index contributed by atoms with van der Waals surface area (Å²) in [5.74, 6) is 1.33. The number of allylic oxidation sites excluding steroid dienone is 2. The van der Waals surface area contributed by atoms with Gasteiger partial charge >= 0.3 is 0 Å². The van der Waals surface area contributed by atoms with Crippen molar-refractivity contribution in [2.45, 2.75) is 13.8 Å². The quantitative estimate of drug-likeness (QED) is 0.696. The van der Waals surface area contributed by atoms with Gasteiger partial charge in [-0.05, 0) is 17.4 Å². The van der Waals surface area contributed by atoms with E-state index in [-0.39, 0.29) is 0 Å². The summed E-state index contributed by atoms with van der Waals surface area (Å²) in [6, 6.07) is 0. The number of hydrogen-bond acceptors (Lipinski definition) is 1. The highest BCUT2D eigenvalue weighted by atomic mass is 127. The van der Waals surface area contributed by atoms with E-state index >= 15 is 0 Å². The van der Waals surface area contributed by atoms with Gasteiger partial charge in [0, 0.05) is 0 Å². The molecular weight excluding hydrogens is 251 g/mol. The van der Waals surface area contributed by atoms with Crippen LogP contribution < -0.4 is 0 Å². The topological polar surface area (TPSA) is 9.23 Å². The molecule has 1 aliphatic carbocycles. The smallest absolute Gasteiger partial charge is 0.110 e. The van der Waals surface area contributed by atoms with Crippen LogP contribution in [0.4, 0.5) is 0 Å². The van der Waals surface area contributed by atoms with Gasteiger partial charge in [-0.15, -0.1) is 0 Å². The standard InChI is InChI=1S/C9H13IO/c1-7-3-4-9(6-11-10)5-8(7)2/h3-5,7-8H,6H2,1-2H3. The molecule has 0 aromatic heterocycles. The molecule has 2 atom stereocenters. The van der Waals surface area contributed by atoms with E-state index < -0.39 is 0 Å². The normalized spacial score (nSPS) is 30.3. The van der Waals surface area contributed by atoms with Gasteiger partial charge in [0.15, 0.2) is 0 Å². The predicted molar refractivity (Wildman–Crippen MR) is 55.5 cm³/mol. The molecule has 0 spiro atoms. The summed E-state index contributed by atoms with van der Waals surface area (Å²) in [4.78, 5) is 0. The van der Waals surface area contributed by atoms with Crippen molar-refractivity contribution in [1.82, 2.24) is 0 Å². The Morgan fingerprint density at radius 2 is 2.18 bits per heavy atom. The summed E-state index contributed by atoms with van der Waals surface area (Å²) >= 11 is 1.93. The molecule has 1 rings (SSSR count). The zero-order valence-corrected chi connectivity index (χ0v) is 9.04. The second kappa shape index (κ2) is 4.26. The fourth-order valence-corrected chi connectivity index (χ4v) is 1.51. The van der Waals surface area contributed by atoms with Crippen LogP contribution in [0.1, 0.15) is 13.8 Å². The molecule has 0 saturated heterocycles. The first kappa shape index (κ1) is 9.26. The molecule has 0 N–H and O–H groups in total. The Kier molecular flexibility index (Phi) is 3.59. The van der Waals surface area contributed by atoms with Crippen LogP contribution in [0.25, 0.3) is 0 Å². The first-order valence-corrected chi connectivity index (χ1v) is 4.74. The highest BCUT2D eigenvalue weighted by Gasteiger charge is 2.11. The van der Waals surface area contributed by atoms with E-state index in [1.54, 1.807) is 0 Å². The number of rotatable bonds is 2. The monoisotopic (exact) mass is 264 g/mol. The minimum Gasteiger partial charge on any atom is -0.311 e. The lowest BCUT2D eigenvalue weighted by Crippen LogP contribution is -2.08. The molecule has 0 bridgehead atoms. The molecule has 1 nitrogen and oxygen atoms in total. The Labute approximate surface area is 82.2 Å². The molecule has 0 radical (unpaired) electrons. The van der Waals surface area contributed by atoms with Gasteiger partial charge in [-0.3, -0.25) is 0 Å². The first-order valence-electron chi connectivity index (χ1n) is 3.86. The lowest BCUT2D eigenvalue weighted by molar-refractivity contribution is 0.465. The molecule has 0 saturated carbocycles. The van der Waals surface area contributed by atoms with Gasteiger partial charge in [0.05, 0.1) is 6.61 Å². The molecular formula is C9H13IO. The van der Waals surface area contributed by atoms with Crippen molar-refractivity contribution in [3.05, 3.63) is 23.8 Å². The molecule has 0 heterocycles. The minimum atomic E-state index is 0.654. The summed E-state index contributed by atoms with van der Waals surface area (Å²) in [6.45, 7) is 5.20. The van der Waals surface area contributed by atoms with Gasteiger partial charge in [-0.25, -0.2) is 0 Å². The summed E-state index contributed by atoms with van der Waals surface area (Å²) in [5.41, 5.74) is 1.30. The van der Waals surface area contributed by atoms with Crippen molar-refractivity contribution < 1.29 is 3.07 Å². The maximum Gasteiger partial charge on any atom is 0.110 e. The highest BCUT2D eigenvalue weighted by Crippen LogP contribution is 2.22. The van der Waals surface area contributed by atoms with Gasteiger partial charge in [0.1, 0.15) is 23.0 Å². The van der Waals surface area contributed by atoms with Crippen LogP contribution in [0.3, 0.4) is 0 Å². The average molecular weight is 264 g/mol. The molecule has 0 aromatic carbocycles. The summed E-state index contributed by atoms with van der Waals surface area (Å²) in [5, 5.41) is 0. The van der Waals surface area contributed by atoms with E-state index in [4.69, 9.17) is 3.07 Å². The Morgan fingerprint density at radius 3 is 2.73 bits per heavy atom. The van der Waals surface area contributed by atoms with Crippen molar-refractivity contribution in [3.63, 3.8) is 0 Å². The van der Waals surface area contributed by atoms with Gasteiger partial charge in [-0.2, -0.15) is 0 Å². The second-order valence-corrected chi connectivity index (χ2v) is 3.70. The van der Waals surface area contributed by atoms with Crippen LogP contribution >= 0.6 is 23.0 Å². The van der Waals surface area contributed by atoms with Crippen molar-refractivity contribution >= 4 is 23.0 Å².